The van der Waals surface area contributed by atoms with Crippen LogP contribution in [0.3, 0.4) is 0 Å². The van der Waals surface area contributed by atoms with Crippen molar-refractivity contribution in [3.63, 3.8) is 0 Å². The number of benzene rings is 3. The number of nitrogens with one attached hydrogen (secondary N) is 1. The van der Waals surface area contributed by atoms with E-state index in [1.807, 2.05) is 93.6 Å². The summed E-state index contributed by atoms with van der Waals surface area (Å²) in [5, 5.41) is 2.83. The van der Waals surface area contributed by atoms with Crippen molar-refractivity contribution in [1.82, 2.24) is 0 Å². The van der Waals surface area contributed by atoms with E-state index in [1.54, 1.807) is 0 Å². The molecule has 1 heterocycles. The van der Waals surface area contributed by atoms with E-state index in [0.717, 1.165) is 29.8 Å². The first kappa shape index (κ1) is 24.5. The molecule has 4 rings (SSSR count). The van der Waals surface area contributed by atoms with E-state index in [9.17, 15) is 9.59 Å². The fourth-order valence-electron chi connectivity index (χ4n) is 4.37. The molecule has 35 heavy (non-hydrogen) atoms. The predicted molar refractivity (Wildman–Crippen MR) is 142 cm³/mol. The quantitative estimate of drug-likeness (QED) is 0.390. The number of piperidine rings is 1. The van der Waals surface area contributed by atoms with Crippen molar-refractivity contribution < 1.29 is 14.3 Å². The van der Waals surface area contributed by atoms with Crippen molar-refractivity contribution in [3.05, 3.63) is 83.9 Å². The molecular weight excluding hydrogens is 436 g/mol. The van der Waals surface area contributed by atoms with Crippen LogP contribution in [0.1, 0.15) is 56.0 Å². The molecule has 0 aliphatic carbocycles. The number of ketones is 1. The fraction of sp³-hybridized carbons (Fsp3) is 0.333. The van der Waals surface area contributed by atoms with Gasteiger partial charge in [0, 0.05) is 36.4 Å². The Morgan fingerprint density at radius 2 is 1.54 bits per heavy atom. The largest absolute Gasteiger partial charge is 0.444 e. The number of carbonyl (C=O) groups is 2. The number of Topliss-reactive ketones (excluding diaryl/α,β-unsaturated/α-hetero) is 1. The zero-order valence-corrected chi connectivity index (χ0v) is 20.8. The van der Waals surface area contributed by atoms with Crippen LogP contribution in [0.25, 0.3) is 11.1 Å². The van der Waals surface area contributed by atoms with Crippen molar-refractivity contribution in [2.24, 2.45) is 0 Å². The number of carbonyl (C=O) groups excluding carboxylic acids is 2. The third-order valence-electron chi connectivity index (χ3n) is 6.11. The SMILES string of the molecule is CC(C)(C)OC(=O)Nc1ccc(-c2ccccc2)cc1CC(=O)c1ccc(N2CCCCC2)cc1. The highest BCUT2D eigenvalue weighted by Crippen LogP contribution is 2.28. The Kier molecular flexibility index (Phi) is 7.54. The van der Waals surface area contributed by atoms with Gasteiger partial charge >= 0.3 is 6.09 Å². The van der Waals surface area contributed by atoms with Crippen LogP contribution in [-0.2, 0) is 11.2 Å². The summed E-state index contributed by atoms with van der Waals surface area (Å²) in [4.78, 5) is 28.1. The summed E-state index contributed by atoms with van der Waals surface area (Å²) >= 11 is 0. The van der Waals surface area contributed by atoms with E-state index < -0.39 is 11.7 Å². The molecule has 1 aliphatic rings. The minimum absolute atomic E-state index is 0.00708. The zero-order valence-electron chi connectivity index (χ0n) is 20.8. The Hall–Kier alpha value is -3.60. The van der Waals surface area contributed by atoms with Gasteiger partial charge in [0.2, 0.25) is 0 Å². The van der Waals surface area contributed by atoms with Crippen LogP contribution in [-0.4, -0.2) is 30.6 Å². The predicted octanol–water partition coefficient (Wildman–Crippen LogP) is 7.12. The second kappa shape index (κ2) is 10.8. The average molecular weight is 471 g/mol. The lowest BCUT2D eigenvalue weighted by molar-refractivity contribution is 0.0635. The molecule has 0 bridgehead atoms. The summed E-state index contributed by atoms with van der Waals surface area (Å²) in [5.74, 6) is 0.00708. The van der Waals surface area contributed by atoms with Gasteiger partial charge in [0.15, 0.2) is 5.78 Å². The molecule has 1 fully saturated rings. The molecule has 182 valence electrons. The minimum Gasteiger partial charge on any atom is -0.444 e. The first-order chi connectivity index (χ1) is 16.8. The third-order valence-corrected chi connectivity index (χ3v) is 6.11. The first-order valence-electron chi connectivity index (χ1n) is 12.3. The molecule has 0 aromatic heterocycles. The topological polar surface area (TPSA) is 58.6 Å². The maximum absolute atomic E-state index is 13.3. The van der Waals surface area contributed by atoms with Crippen LogP contribution in [0.4, 0.5) is 16.2 Å². The van der Waals surface area contributed by atoms with Crippen molar-refractivity contribution in [2.45, 2.75) is 52.1 Å². The van der Waals surface area contributed by atoms with Crippen molar-refractivity contribution >= 4 is 23.3 Å². The van der Waals surface area contributed by atoms with Crippen LogP contribution in [0.15, 0.2) is 72.8 Å². The molecule has 0 atom stereocenters. The Labute approximate surface area is 208 Å². The van der Waals surface area contributed by atoms with E-state index in [1.165, 1.54) is 24.9 Å². The normalized spacial score (nSPS) is 13.9. The lowest BCUT2D eigenvalue weighted by Crippen LogP contribution is -2.29. The summed E-state index contributed by atoms with van der Waals surface area (Å²) < 4.78 is 5.43. The zero-order chi connectivity index (χ0) is 24.8. The van der Waals surface area contributed by atoms with Gasteiger partial charge in [-0.3, -0.25) is 10.1 Å². The second-order valence-electron chi connectivity index (χ2n) is 10.1. The van der Waals surface area contributed by atoms with Gasteiger partial charge in [-0.15, -0.1) is 0 Å². The number of hydrogen-bond donors (Lipinski definition) is 1. The monoisotopic (exact) mass is 470 g/mol. The first-order valence-corrected chi connectivity index (χ1v) is 12.3. The van der Waals surface area contributed by atoms with E-state index in [-0.39, 0.29) is 12.2 Å². The van der Waals surface area contributed by atoms with Crippen LogP contribution >= 0.6 is 0 Å². The lowest BCUT2D eigenvalue weighted by Gasteiger charge is -2.28. The van der Waals surface area contributed by atoms with Crippen molar-refractivity contribution in [2.75, 3.05) is 23.3 Å². The second-order valence-corrected chi connectivity index (χ2v) is 10.1. The van der Waals surface area contributed by atoms with E-state index in [2.05, 4.69) is 10.2 Å². The van der Waals surface area contributed by atoms with E-state index >= 15 is 0 Å². The van der Waals surface area contributed by atoms with Crippen molar-refractivity contribution in [3.8, 4) is 11.1 Å². The van der Waals surface area contributed by atoms with Gasteiger partial charge in [0.05, 0.1) is 0 Å². The fourth-order valence-corrected chi connectivity index (χ4v) is 4.37. The maximum atomic E-state index is 13.3. The molecule has 1 amide bonds. The van der Waals surface area contributed by atoms with E-state index in [0.29, 0.717) is 11.3 Å². The molecule has 1 aliphatic heterocycles. The summed E-state index contributed by atoms with van der Waals surface area (Å²) in [7, 11) is 0. The summed E-state index contributed by atoms with van der Waals surface area (Å²) in [5.41, 5.74) is 4.60. The third kappa shape index (κ3) is 6.72. The molecule has 5 nitrogen and oxygen atoms in total. The highest BCUT2D eigenvalue weighted by molar-refractivity contribution is 5.99. The Morgan fingerprint density at radius 1 is 0.857 bits per heavy atom. The Balaban J connectivity index is 1.56. The van der Waals surface area contributed by atoms with Gasteiger partial charge in [-0.05, 0) is 93.1 Å². The number of nitrogens with zero attached hydrogens (tertiary/aromatic N) is 1. The molecular formula is C30H34N2O3. The lowest BCUT2D eigenvalue weighted by atomic mass is 9.96. The molecule has 1 N–H and O–H groups in total. The molecule has 0 spiro atoms. The van der Waals surface area contributed by atoms with Crippen molar-refractivity contribution in [1.29, 1.82) is 0 Å². The minimum atomic E-state index is -0.611. The standard InChI is InChI=1S/C30H34N2O3/c1-30(2,3)35-29(34)31-27-17-14-24(22-10-6-4-7-11-22)20-25(27)21-28(33)23-12-15-26(16-13-23)32-18-8-5-9-19-32/h4,6-7,10-17,20H,5,8-9,18-19,21H2,1-3H3,(H,31,34). The maximum Gasteiger partial charge on any atom is 0.412 e. The number of rotatable bonds is 6. The highest BCUT2D eigenvalue weighted by Gasteiger charge is 2.19. The average Bonchev–Trinajstić information content (AvgIpc) is 2.85. The smallest absolute Gasteiger partial charge is 0.412 e. The molecule has 5 heteroatoms. The Morgan fingerprint density at radius 3 is 2.20 bits per heavy atom. The van der Waals surface area contributed by atoms with Crippen LogP contribution in [0.5, 0.6) is 0 Å². The summed E-state index contributed by atoms with van der Waals surface area (Å²) in [6, 6.07) is 23.7. The van der Waals surface area contributed by atoms with Gasteiger partial charge in [-0.2, -0.15) is 0 Å². The van der Waals surface area contributed by atoms with Gasteiger partial charge in [-0.25, -0.2) is 4.79 Å². The number of anilines is 2. The van der Waals surface area contributed by atoms with Gasteiger partial charge in [0.25, 0.3) is 0 Å². The molecule has 1 saturated heterocycles. The molecule has 0 saturated carbocycles. The summed E-state index contributed by atoms with van der Waals surface area (Å²) in [6.45, 7) is 7.60. The summed E-state index contributed by atoms with van der Waals surface area (Å²) in [6.07, 6.45) is 3.35. The molecule has 0 radical (unpaired) electrons. The van der Waals surface area contributed by atoms with Gasteiger partial charge < -0.3 is 9.64 Å². The number of hydrogen-bond acceptors (Lipinski definition) is 4. The van der Waals surface area contributed by atoms with Crippen LogP contribution < -0.4 is 10.2 Å². The molecule has 0 unspecified atom stereocenters. The number of amides is 1. The van der Waals surface area contributed by atoms with Gasteiger partial charge in [0.1, 0.15) is 5.60 Å². The van der Waals surface area contributed by atoms with Crippen LogP contribution in [0, 0.1) is 0 Å². The Bertz CT molecular complexity index is 1160. The van der Waals surface area contributed by atoms with E-state index in [4.69, 9.17) is 4.74 Å². The molecule has 3 aromatic rings. The molecule has 3 aromatic carbocycles. The number of ether oxygens (including phenoxy) is 1. The van der Waals surface area contributed by atoms with Crippen LogP contribution in [0.2, 0.25) is 0 Å². The highest BCUT2D eigenvalue weighted by atomic mass is 16.6. The van der Waals surface area contributed by atoms with Gasteiger partial charge in [-0.1, -0.05) is 36.4 Å².